The molecule has 0 N–H and O–H groups in total. The molecule has 72 heavy (non-hydrogen) atoms. The zero-order valence-electron chi connectivity index (χ0n) is 40.4. The highest BCUT2D eigenvalue weighted by molar-refractivity contribution is 6.10. The van der Waals surface area contributed by atoms with Gasteiger partial charge in [0.1, 0.15) is 0 Å². The van der Waals surface area contributed by atoms with E-state index in [0.717, 1.165) is 12.8 Å². The molecule has 0 fully saturated rings. The van der Waals surface area contributed by atoms with Gasteiger partial charge in [-0.25, -0.2) is 0 Å². The molecule has 1 heteroatoms. The molecule has 1 heterocycles. The molecule has 0 spiro atoms. The Bertz CT molecular complexity index is 4000. The molecule has 0 radical (unpaired) electrons. The van der Waals surface area contributed by atoms with Crippen molar-refractivity contribution in [3.8, 4) is 16.8 Å². The first-order chi connectivity index (χ1) is 35.6. The second-order valence-electron chi connectivity index (χ2n) is 19.6. The van der Waals surface area contributed by atoms with Crippen LogP contribution in [-0.4, -0.2) is 4.57 Å². The van der Waals surface area contributed by atoms with Crippen LogP contribution < -0.4 is 0 Å². The lowest BCUT2D eigenvalue weighted by atomic mass is 9.67. The van der Waals surface area contributed by atoms with Gasteiger partial charge >= 0.3 is 0 Å². The van der Waals surface area contributed by atoms with Crippen molar-refractivity contribution in [2.75, 3.05) is 0 Å². The van der Waals surface area contributed by atoms with Crippen LogP contribution >= 0.6 is 0 Å². The predicted octanol–water partition coefficient (Wildman–Crippen LogP) is 17.8. The topological polar surface area (TPSA) is 4.93 Å². The van der Waals surface area contributed by atoms with Gasteiger partial charge in [-0.2, -0.15) is 0 Å². The highest BCUT2D eigenvalue weighted by Gasteiger charge is 2.46. The summed E-state index contributed by atoms with van der Waals surface area (Å²) < 4.78 is 2.49. The molecule has 1 unspecified atom stereocenters. The Morgan fingerprint density at radius 1 is 0.389 bits per heavy atom. The summed E-state index contributed by atoms with van der Waals surface area (Å²) in [5, 5.41) is 7.92. The lowest BCUT2D eigenvalue weighted by molar-refractivity contribution is 0.647. The van der Waals surface area contributed by atoms with Gasteiger partial charge in [0.15, 0.2) is 0 Å². The molecule has 2 aliphatic rings. The first-order valence-corrected chi connectivity index (χ1v) is 25.3. The summed E-state index contributed by atoms with van der Waals surface area (Å²) in [7, 11) is 0. The number of aryl methyl sites for hydroxylation is 1. The number of fused-ring (bicyclic) bond motifs is 9. The summed E-state index contributed by atoms with van der Waals surface area (Å²) in [6.45, 7) is 2.18. The Kier molecular flexibility index (Phi) is 10.7. The van der Waals surface area contributed by atoms with Gasteiger partial charge in [0, 0.05) is 21.9 Å². The number of nitrogens with zero attached hydrogens (tertiary/aromatic N) is 1. The van der Waals surface area contributed by atoms with E-state index in [9.17, 15) is 0 Å². The number of hydrogen-bond acceptors (Lipinski definition) is 0. The van der Waals surface area contributed by atoms with Crippen LogP contribution in [0.1, 0.15) is 56.5 Å². The van der Waals surface area contributed by atoms with Crippen molar-refractivity contribution in [1.29, 1.82) is 0 Å². The third kappa shape index (κ3) is 7.07. The SMILES string of the molecule is C1=CCC(c2cccc(Cc3ccccc3)c2)(c2ccc3c(c2)c2ccccc2n3-c2ccc3c(c2)C(c2ccccc2)(c2ccccc2)c2ccccc2-3)C=C1.Cc1cc2ccccc2c2ccccc12. The Morgan fingerprint density at radius 2 is 0.986 bits per heavy atom. The van der Waals surface area contributed by atoms with Crippen molar-refractivity contribution in [3.63, 3.8) is 0 Å². The molecule has 0 saturated carbocycles. The summed E-state index contributed by atoms with van der Waals surface area (Å²) in [5.74, 6) is 0. The first kappa shape index (κ1) is 43.3. The minimum absolute atomic E-state index is 0.275. The van der Waals surface area contributed by atoms with Gasteiger partial charge in [0.25, 0.3) is 0 Å². The average Bonchev–Trinajstić information content (AvgIpc) is 3.94. The molecule has 0 bridgehead atoms. The van der Waals surface area contributed by atoms with Crippen LogP contribution in [0, 0.1) is 6.92 Å². The summed E-state index contributed by atoms with van der Waals surface area (Å²) in [6.07, 6.45) is 11.0. The van der Waals surface area contributed by atoms with Gasteiger partial charge in [-0.3, -0.25) is 0 Å². The van der Waals surface area contributed by atoms with Crippen LogP contribution in [0.4, 0.5) is 0 Å². The number of aromatic nitrogens is 1. The zero-order chi connectivity index (χ0) is 48.1. The van der Waals surface area contributed by atoms with E-state index in [1.807, 2.05) is 0 Å². The van der Waals surface area contributed by atoms with E-state index < -0.39 is 5.41 Å². The number of para-hydroxylation sites is 1. The third-order valence-corrected chi connectivity index (χ3v) is 15.6. The molecule has 0 aliphatic heterocycles. The van der Waals surface area contributed by atoms with Crippen molar-refractivity contribution in [2.45, 2.75) is 30.6 Å². The molecule has 342 valence electrons. The van der Waals surface area contributed by atoms with E-state index in [1.165, 1.54) is 110 Å². The maximum absolute atomic E-state index is 2.49. The molecule has 2 aliphatic carbocycles. The van der Waals surface area contributed by atoms with Crippen molar-refractivity contribution >= 4 is 43.4 Å². The minimum atomic E-state index is -0.460. The van der Waals surface area contributed by atoms with Crippen molar-refractivity contribution in [1.82, 2.24) is 4.57 Å². The summed E-state index contributed by atoms with van der Waals surface area (Å²) in [5.41, 5.74) is 17.3. The van der Waals surface area contributed by atoms with E-state index in [0.29, 0.717) is 0 Å². The fourth-order valence-corrected chi connectivity index (χ4v) is 12.3. The van der Waals surface area contributed by atoms with E-state index >= 15 is 0 Å². The molecule has 1 atom stereocenters. The second kappa shape index (κ2) is 17.9. The van der Waals surface area contributed by atoms with Crippen molar-refractivity contribution < 1.29 is 0 Å². The van der Waals surface area contributed by atoms with Crippen LogP contribution in [0.5, 0.6) is 0 Å². The van der Waals surface area contributed by atoms with Crippen LogP contribution in [0.2, 0.25) is 0 Å². The Hall–Kier alpha value is -8.78. The largest absolute Gasteiger partial charge is 0.309 e. The maximum Gasteiger partial charge on any atom is 0.0714 e. The Morgan fingerprint density at radius 3 is 1.75 bits per heavy atom. The van der Waals surface area contributed by atoms with E-state index in [2.05, 4.69) is 291 Å². The molecule has 1 aromatic heterocycles. The number of hydrogen-bond donors (Lipinski definition) is 0. The molecule has 0 saturated heterocycles. The second-order valence-corrected chi connectivity index (χ2v) is 19.6. The predicted molar refractivity (Wildman–Crippen MR) is 304 cm³/mol. The molecule has 0 amide bonds. The maximum atomic E-state index is 2.49. The number of benzene rings is 11. The van der Waals surface area contributed by atoms with Gasteiger partial charge in [-0.05, 0) is 133 Å². The van der Waals surface area contributed by atoms with E-state index in [4.69, 9.17) is 0 Å². The van der Waals surface area contributed by atoms with Crippen LogP contribution in [0.3, 0.4) is 0 Å². The highest BCUT2D eigenvalue weighted by Crippen LogP contribution is 2.56. The Balaban J connectivity index is 0.000000286. The smallest absolute Gasteiger partial charge is 0.0714 e. The molecular formula is C71H53N. The monoisotopic (exact) mass is 919 g/mol. The van der Waals surface area contributed by atoms with Crippen LogP contribution in [-0.2, 0) is 17.3 Å². The fraction of sp³-hybridized carbons (Fsp3) is 0.0704. The fourth-order valence-electron chi connectivity index (χ4n) is 12.3. The average molecular weight is 920 g/mol. The Labute approximate surface area is 422 Å². The summed E-state index contributed by atoms with van der Waals surface area (Å²) in [4.78, 5) is 0. The van der Waals surface area contributed by atoms with Crippen molar-refractivity contribution in [2.24, 2.45) is 0 Å². The van der Waals surface area contributed by atoms with Gasteiger partial charge in [-0.15, -0.1) is 0 Å². The minimum Gasteiger partial charge on any atom is -0.309 e. The quantitative estimate of drug-likeness (QED) is 0.140. The number of allylic oxidation sites excluding steroid dienone is 4. The standard InChI is InChI=1S/C56H41N.C15H12/c1-5-18-40(19-6-1)36-41-20-17-25-44(37-41)55(34-15-4-16-35-55)45-30-33-54-50(38-45)49-27-12-14-29-53(49)57(54)46-31-32-48-47-26-11-13-28-51(47)56(52(48)39-46,42-21-7-2-8-22-42)43-23-9-3-10-24-43;1-11-10-12-6-2-3-8-14(12)15-9-5-4-7-13(11)15/h1-34,37-39H,35-36H2;2-10H,1H3. The molecule has 14 rings (SSSR count). The zero-order valence-corrected chi connectivity index (χ0v) is 40.4. The molecule has 1 nitrogen and oxygen atoms in total. The molecule has 12 aromatic rings. The van der Waals surface area contributed by atoms with Gasteiger partial charge < -0.3 is 4.57 Å². The van der Waals surface area contributed by atoms with E-state index in [-0.39, 0.29) is 5.41 Å². The summed E-state index contributed by atoms with van der Waals surface area (Å²) in [6, 6.07) is 94.0. The lowest BCUT2D eigenvalue weighted by Crippen LogP contribution is -2.28. The van der Waals surface area contributed by atoms with Gasteiger partial charge in [0.2, 0.25) is 0 Å². The molecular weight excluding hydrogens is 867 g/mol. The summed E-state index contributed by atoms with van der Waals surface area (Å²) >= 11 is 0. The van der Waals surface area contributed by atoms with Crippen LogP contribution in [0.25, 0.3) is 60.2 Å². The first-order valence-electron chi connectivity index (χ1n) is 25.3. The molecule has 11 aromatic carbocycles. The van der Waals surface area contributed by atoms with E-state index in [1.54, 1.807) is 0 Å². The highest BCUT2D eigenvalue weighted by atomic mass is 15.0. The van der Waals surface area contributed by atoms with Gasteiger partial charge in [0.05, 0.1) is 16.4 Å². The third-order valence-electron chi connectivity index (χ3n) is 15.6. The van der Waals surface area contributed by atoms with Crippen LogP contribution in [0.15, 0.2) is 279 Å². The number of rotatable bonds is 7. The van der Waals surface area contributed by atoms with Crippen molar-refractivity contribution in [3.05, 3.63) is 329 Å². The lowest BCUT2D eigenvalue weighted by Gasteiger charge is -2.34. The van der Waals surface area contributed by atoms with Gasteiger partial charge in [-0.1, -0.05) is 249 Å². The normalized spacial score (nSPS) is 15.3.